The summed E-state index contributed by atoms with van der Waals surface area (Å²) in [7, 11) is 0. The normalized spacial score (nSPS) is 13.4. The molecule has 10 nitrogen and oxygen atoms in total. The largest absolute Gasteiger partial charge is 0.508 e. The summed E-state index contributed by atoms with van der Waals surface area (Å²) in [5.41, 5.74) is 9.18. The van der Waals surface area contributed by atoms with E-state index in [0.29, 0.717) is 0 Å². The molecule has 4 aromatic rings. The van der Waals surface area contributed by atoms with Gasteiger partial charge in [-0.2, -0.15) is 0 Å². The number of phenols is 1. The van der Waals surface area contributed by atoms with E-state index in [2.05, 4.69) is 16.0 Å². The van der Waals surface area contributed by atoms with Crippen LogP contribution in [0.15, 0.2) is 115 Å². The Balaban J connectivity index is 1.53. The average Bonchev–Trinajstić information content (AvgIpc) is 3.06. The number of phenolic OH excluding ortho intramolecular Hbond substituents is 1. The second kappa shape index (κ2) is 16.6. The van der Waals surface area contributed by atoms with Crippen molar-refractivity contribution in [3.05, 3.63) is 138 Å². The van der Waals surface area contributed by atoms with Crippen LogP contribution >= 0.6 is 0 Å². The molecule has 7 N–H and O–H groups in total. The molecular formula is C36H38N4O6. The summed E-state index contributed by atoms with van der Waals surface area (Å²) in [6.07, 6.45) is 0.431. The lowest BCUT2D eigenvalue weighted by Crippen LogP contribution is -2.58. The fourth-order valence-electron chi connectivity index (χ4n) is 4.97. The van der Waals surface area contributed by atoms with Gasteiger partial charge in [0.25, 0.3) is 0 Å². The van der Waals surface area contributed by atoms with Gasteiger partial charge < -0.3 is 31.9 Å². The molecule has 0 aliphatic heterocycles. The molecule has 0 spiro atoms. The maximum atomic E-state index is 13.8. The maximum Gasteiger partial charge on any atom is 0.326 e. The van der Waals surface area contributed by atoms with Crippen molar-refractivity contribution in [3.8, 4) is 5.75 Å². The van der Waals surface area contributed by atoms with Crippen LogP contribution in [0, 0.1) is 0 Å². The minimum absolute atomic E-state index is 0.0551. The molecule has 0 radical (unpaired) electrons. The Morgan fingerprint density at radius 3 is 1.26 bits per heavy atom. The van der Waals surface area contributed by atoms with Crippen molar-refractivity contribution in [1.29, 1.82) is 0 Å². The van der Waals surface area contributed by atoms with E-state index in [0.717, 1.165) is 22.3 Å². The van der Waals surface area contributed by atoms with Crippen molar-refractivity contribution < 1.29 is 29.4 Å². The molecule has 238 valence electrons. The first kappa shape index (κ1) is 33.4. The van der Waals surface area contributed by atoms with Crippen molar-refractivity contribution in [1.82, 2.24) is 16.0 Å². The Kier molecular flexibility index (Phi) is 12.0. The molecule has 0 aliphatic rings. The molecule has 4 atom stereocenters. The molecule has 0 bridgehead atoms. The third-order valence-corrected chi connectivity index (χ3v) is 7.46. The molecule has 3 amide bonds. The summed E-state index contributed by atoms with van der Waals surface area (Å²) < 4.78 is 0. The van der Waals surface area contributed by atoms with Gasteiger partial charge >= 0.3 is 5.97 Å². The van der Waals surface area contributed by atoms with Gasteiger partial charge in [-0.05, 0) is 40.8 Å². The second-order valence-corrected chi connectivity index (χ2v) is 11.1. The molecule has 0 saturated heterocycles. The highest BCUT2D eigenvalue weighted by Crippen LogP contribution is 2.12. The number of carbonyl (C=O) groups excluding carboxylic acids is 3. The van der Waals surface area contributed by atoms with Gasteiger partial charge in [-0.1, -0.05) is 103 Å². The Morgan fingerprint density at radius 1 is 0.500 bits per heavy atom. The van der Waals surface area contributed by atoms with Gasteiger partial charge in [-0.3, -0.25) is 14.4 Å². The van der Waals surface area contributed by atoms with Crippen LogP contribution in [-0.2, 0) is 44.9 Å². The summed E-state index contributed by atoms with van der Waals surface area (Å²) in [6, 6.07) is 28.9. The van der Waals surface area contributed by atoms with Crippen LogP contribution < -0.4 is 21.7 Å². The number of rotatable bonds is 15. The summed E-state index contributed by atoms with van der Waals surface area (Å²) in [5.74, 6) is -2.99. The first-order valence-corrected chi connectivity index (χ1v) is 15.0. The number of aromatic hydroxyl groups is 1. The molecule has 4 rings (SSSR count). The third kappa shape index (κ3) is 10.3. The number of amides is 3. The van der Waals surface area contributed by atoms with Gasteiger partial charge in [0.1, 0.15) is 23.9 Å². The predicted molar refractivity (Wildman–Crippen MR) is 174 cm³/mol. The number of hydrogen-bond donors (Lipinski definition) is 6. The number of hydrogen-bond acceptors (Lipinski definition) is 6. The van der Waals surface area contributed by atoms with Crippen LogP contribution in [0.1, 0.15) is 22.3 Å². The first-order valence-electron chi connectivity index (χ1n) is 15.0. The standard InChI is InChI=1S/C36H38N4O6/c37-29(20-27-16-18-28(41)19-17-27)33(42)38-30(21-24-10-4-1-5-11-24)34(43)39-31(22-25-12-6-2-7-13-25)35(44)40-32(36(45)46)23-26-14-8-3-9-15-26/h1-19,29-32,41H,20-23,37H2,(H,38,42)(H,39,43)(H,40,44)(H,45,46). The van der Waals surface area contributed by atoms with Crippen molar-refractivity contribution in [3.63, 3.8) is 0 Å². The SMILES string of the molecule is NC(Cc1ccc(O)cc1)C(=O)NC(Cc1ccccc1)C(=O)NC(Cc1ccccc1)C(=O)NC(Cc1ccccc1)C(=O)O. The molecule has 0 heterocycles. The van der Waals surface area contributed by atoms with E-state index in [-0.39, 0.29) is 31.4 Å². The average molecular weight is 623 g/mol. The minimum atomic E-state index is -1.23. The number of carbonyl (C=O) groups is 4. The number of nitrogens with one attached hydrogen (secondary N) is 3. The number of nitrogens with two attached hydrogens (primary N) is 1. The second-order valence-electron chi connectivity index (χ2n) is 11.1. The monoisotopic (exact) mass is 622 g/mol. The lowest BCUT2D eigenvalue weighted by molar-refractivity contribution is -0.142. The van der Waals surface area contributed by atoms with Crippen molar-refractivity contribution in [2.45, 2.75) is 49.9 Å². The summed E-state index contributed by atoms with van der Waals surface area (Å²) >= 11 is 0. The summed E-state index contributed by atoms with van der Waals surface area (Å²) in [5, 5.41) is 27.5. The van der Waals surface area contributed by atoms with Crippen LogP contribution in [0.25, 0.3) is 0 Å². The fourth-order valence-corrected chi connectivity index (χ4v) is 4.97. The van der Waals surface area contributed by atoms with E-state index in [1.54, 1.807) is 60.7 Å². The van der Waals surface area contributed by atoms with E-state index in [1.807, 2.05) is 42.5 Å². The summed E-state index contributed by atoms with van der Waals surface area (Å²) in [6.45, 7) is 0. The van der Waals surface area contributed by atoms with Gasteiger partial charge in [0.2, 0.25) is 17.7 Å². The first-order chi connectivity index (χ1) is 22.2. The molecule has 4 unspecified atom stereocenters. The molecule has 4 aromatic carbocycles. The lowest BCUT2D eigenvalue weighted by atomic mass is 10.0. The molecular weight excluding hydrogens is 584 g/mol. The zero-order chi connectivity index (χ0) is 32.9. The minimum Gasteiger partial charge on any atom is -0.508 e. The van der Waals surface area contributed by atoms with Gasteiger partial charge in [0.05, 0.1) is 6.04 Å². The molecule has 0 aliphatic carbocycles. The maximum absolute atomic E-state index is 13.8. The van der Waals surface area contributed by atoms with E-state index in [4.69, 9.17) is 5.73 Å². The van der Waals surface area contributed by atoms with Gasteiger partial charge in [-0.15, -0.1) is 0 Å². The number of aliphatic carboxylic acids is 1. The van der Waals surface area contributed by atoms with Crippen molar-refractivity contribution in [2.24, 2.45) is 5.73 Å². The Hall–Kier alpha value is -5.48. The fraction of sp³-hybridized carbons (Fsp3) is 0.222. The molecule has 0 fully saturated rings. The zero-order valence-electron chi connectivity index (χ0n) is 25.2. The molecule has 10 heteroatoms. The molecule has 0 saturated carbocycles. The Labute approximate surface area is 267 Å². The third-order valence-electron chi connectivity index (χ3n) is 7.46. The topological polar surface area (TPSA) is 171 Å². The highest BCUT2D eigenvalue weighted by atomic mass is 16.4. The smallest absolute Gasteiger partial charge is 0.326 e. The highest BCUT2D eigenvalue weighted by Gasteiger charge is 2.31. The van der Waals surface area contributed by atoms with E-state index in [1.165, 1.54) is 12.1 Å². The lowest BCUT2D eigenvalue weighted by Gasteiger charge is -2.25. The van der Waals surface area contributed by atoms with Gasteiger partial charge in [0, 0.05) is 19.3 Å². The van der Waals surface area contributed by atoms with Crippen molar-refractivity contribution in [2.75, 3.05) is 0 Å². The number of carboxylic acids is 1. The Morgan fingerprint density at radius 2 is 0.848 bits per heavy atom. The van der Waals surface area contributed by atoms with E-state index in [9.17, 15) is 29.4 Å². The van der Waals surface area contributed by atoms with Crippen molar-refractivity contribution >= 4 is 23.7 Å². The zero-order valence-corrected chi connectivity index (χ0v) is 25.2. The van der Waals surface area contributed by atoms with Crippen LogP contribution in [0.2, 0.25) is 0 Å². The number of carboxylic acid groups (broad SMARTS) is 1. The van der Waals surface area contributed by atoms with Crippen LogP contribution in [0.4, 0.5) is 0 Å². The van der Waals surface area contributed by atoms with Gasteiger partial charge in [-0.25, -0.2) is 4.79 Å². The Bertz CT molecular complexity index is 1580. The predicted octanol–water partition coefficient (Wildman–Crippen LogP) is 2.53. The molecule has 46 heavy (non-hydrogen) atoms. The molecule has 0 aromatic heterocycles. The van der Waals surface area contributed by atoms with Crippen LogP contribution in [-0.4, -0.2) is 58.1 Å². The number of benzene rings is 4. The van der Waals surface area contributed by atoms with E-state index >= 15 is 0 Å². The quantitative estimate of drug-likeness (QED) is 0.118. The summed E-state index contributed by atoms with van der Waals surface area (Å²) in [4.78, 5) is 52.8. The van der Waals surface area contributed by atoms with E-state index < -0.39 is 47.9 Å². The van der Waals surface area contributed by atoms with Crippen LogP contribution in [0.5, 0.6) is 5.75 Å². The van der Waals surface area contributed by atoms with Crippen LogP contribution in [0.3, 0.4) is 0 Å². The highest BCUT2D eigenvalue weighted by molar-refractivity contribution is 5.94. The van der Waals surface area contributed by atoms with Gasteiger partial charge in [0.15, 0.2) is 0 Å².